The molecule has 2 aliphatic rings. The van der Waals surface area contributed by atoms with E-state index >= 15 is 0 Å². The first-order chi connectivity index (χ1) is 8.63. The Morgan fingerprint density at radius 2 is 2.28 bits per heavy atom. The third-order valence-electron chi connectivity index (χ3n) is 4.08. The molecule has 18 heavy (non-hydrogen) atoms. The molecule has 3 rings (SSSR count). The van der Waals surface area contributed by atoms with Crippen LogP contribution in [0, 0.1) is 11.7 Å². The molecule has 0 spiro atoms. The Kier molecular flexibility index (Phi) is 3.31. The third kappa shape index (κ3) is 2.27. The summed E-state index contributed by atoms with van der Waals surface area (Å²) in [5.41, 5.74) is 0.784. The quantitative estimate of drug-likeness (QED) is 0.915. The molecule has 2 nitrogen and oxygen atoms in total. The minimum absolute atomic E-state index is 0.122. The molecule has 1 N–H and O–H groups in total. The Hall–Kier alpha value is -0.640. The molecule has 0 saturated carbocycles. The van der Waals surface area contributed by atoms with Crippen LogP contribution in [-0.4, -0.2) is 23.4 Å². The second-order valence-electron chi connectivity index (χ2n) is 5.29. The van der Waals surface area contributed by atoms with Gasteiger partial charge in [0.15, 0.2) is 0 Å². The lowest BCUT2D eigenvalue weighted by atomic mass is 9.83. The highest BCUT2D eigenvalue weighted by atomic mass is 35.5. The number of fused-ring (bicyclic) bond motifs is 2. The van der Waals surface area contributed by atoms with Crippen molar-refractivity contribution in [3.8, 4) is 0 Å². The summed E-state index contributed by atoms with van der Waals surface area (Å²) in [6.45, 7) is 0. The molecule has 2 aliphatic heterocycles. The Morgan fingerprint density at radius 1 is 1.44 bits per heavy atom. The van der Waals surface area contributed by atoms with Gasteiger partial charge in [0.1, 0.15) is 5.82 Å². The van der Waals surface area contributed by atoms with E-state index in [1.165, 1.54) is 12.1 Å². The van der Waals surface area contributed by atoms with Crippen LogP contribution >= 0.6 is 11.6 Å². The van der Waals surface area contributed by atoms with Gasteiger partial charge in [-0.2, -0.15) is 0 Å². The van der Waals surface area contributed by atoms with E-state index in [-0.39, 0.29) is 17.0 Å². The van der Waals surface area contributed by atoms with E-state index in [1.54, 1.807) is 6.07 Å². The average Bonchev–Trinajstić information content (AvgIpc) is 2.96. The molecule has 1 aromatic rings. The molecule has 4 unspecified atom stereocenters. The summed E-state index contributed by atoms with van der Waals surface area (Å²) in [5.74, 6) is -0.229. The van der Waals surface area contributed by atoms with Gasteiger partial charge >= 0.3 is 0 Å². The molecular weight excluding hydrogens is 255 g/mol. The van der Waals surface area contributed by atoms with Crippen molar-refractivity contribution in [3.05, 3.63) is 34.6 Å². The number of ether oxygens (including phenoxy) is 1. The van der Waals surface area contributed by atoms with Gasteiger partial charge in [-0.05, 0) is 43.4 Å². The fourth-order valence-electron chi connectivity index (χ4n) is 3.14. The molecule has 2 saturated heterocycles. The maximum atomic E-state index is 13.3. The molecule has 1 aromatic carbocycles. The van der Waals surface area contributed by atoms with Gasteiger partial charge in [-0.15, -0.1) is 0 Å². The number of aliphatic hydroxyl groups is 1. The van der Waals surface area contributed by atoms with Crippen LogP contribution in [0.2, 0.25) is 5.02 Å². The monoisotopic (exact) mass is 270 g/mol. The van der Waals surface area contributed by atoms with Gasteiger partial charge in [0.2, 0.25) is 0 Å². The second-order valence-corrected chi connectivity index (χ2v) is 5.70. The van der Waals surface area contributed by atoms with Crippen molar-refractivity contribution in [1.29, 1.82) is 0 Å². The summed E-state index contributed by atoms with van der Waals surface area (Å²) in [7, 11) is 0. The van der Waals surface area contributed by atoms with Crippen LogP contribution in [0.5, 0.6) is 0 Å². The Bertz CT molecular complexity index is 451. The maximum absolute atomic E-state index is 13.3. The predicted octanol–water partition coefficient (Wildman–Crippen LogP) is 2.95. The van der Waals surface area contributed by atoms with E-state index in [4.69, 9.17) is 16.3 Å². The SMILES string of the molecule is OC(Cc1ccc(Cl)c(F)c1)C1CC2CCC1O2. The van der Waals surface area contributed by atoms with E-state index < -0.39 is 11.9 Å². The van der Waals surface area contributed by atoms with Crippen LogP contribution in [0.4, 0.5) is 4.39 Å². The minimum Gasteiger partial charge on any atom is -0.392 e. The fourth-order valence-corrected chi connectivity index (χ4v) is 3.26. The zero-order chi connectivity index (χ0) is 12.7. The van der Waals surface area contributed by atoms with Crippen molar-refractivity contribution < 1.29 is 14.2 Å². The molecule has 0 radical (unpaired) electrons. The molecule has 2 bridgehead atoms. The summed E-state index contributed by atoms with van der Waals surface area (Å²) in [4.78, 5) is 0. The van der Waals surface area contributed by atoms with E-state index in [1.807, 2.05) is 0 Å². The summed E-state index contributed by atoms with van der Waals surface area (Å²) < 4.78 is 19.0. The molecule has 2 heterocycles. The number of rotatable bonds is 3. The summed E-state index contributed by atoms with van der Waals surface area (Å²) in [6, 6.07) is 4.71. The molecular formula is C14H16ClFO2. The summed E-state index contributed by atoms with van der Waals surface area (Å²) in [6.07, 6.45) is 3.62. The fraction of sp³-hybridized carbons (Fsp3) is 0.571. The van der Waals surface area contributed by atoms with Crippen molar-refractivity contribution >= 4 is 11.6 Å². The van der Waals surface area contributed by atoms with Gasteiger partial charge in [-0.1, -0.05) is 17.7 Å². The number of hydrogen-bond donors (Lipinski definition) is 1. The number of benzene rings is 1. The van der Waals surface area contributed by atoms with Gasteiger partial charge < -0.3 is 9.84 Å². The first kappa shape index (κ1) is 12.4. The topological polar surface area (TPSA) is 29.5 Å². The molecule has 98 valence electrons. The normalized spacial score (nSPS) is 31.8. The Balaban J connectivity index is 1.67. The number of aliphatic hydroxyl groups excluding tert-OH is 1. The highest BCUT2D eigenvalue weighted by Gasteiger charge is 2.43. The molecule has 0 aromatic heterocycles. The van der Waals surface area contributed by atoms with Crippen molar-refractivity contribution in [1.82, 2.24) is 0 Å². The maximum Gasteiger partial charge on any atom is 0.142 e. The predicted molar refractivity (Wildman–Crippen MR) is 67.1 cm³/mol. The average molecular weight is 271 g/mol. The third-order valence-corrected chi connectivity index (χ3v) is 4.38. The minimum atomic E-state index is -0.458. The standard InChI is InChI=1S/C14H16ClFO2/c15-11-3-1-8(5-12(11)16)6-13(17)10-7-9-2-4-14(10)18-9/h1,3,5,9-10,13-14,17H,2,4,6-7H2. The van der Waals surface area contributed by atoms with Crippen LogP contribution in [0.15, 0.2) is 18.2 Å². The van der Waals surface area contributed by atoms with Crippen LogP contribution in [0.25, 0.3) is 0 Å². The zero-order valence-electron chi connectivity index (χ0n) is 9.98. The van der Waals surface area contributed by atoms with Crippen molar-refractivity contribution in [2.24, 2.45) is 5.92 Å². The summed E-state index contributed by atoms with van der Waals surface area (Å²) in [5, 5.41) is 10.4. The first-order valence-electron chi connectivity index (χ1n) is 6.41. The largest absolute Gasteiger partial charge is 0.392 e. The van der Waals surface area contributed by atoms with E-state index in [0.29, 0.717) is 12.5 Å². The van der Waals surface area contributed by atoms with E-state index in [9.17, 15) is 9.50 Å². The van der Waals surface area contributed by atoms with Gasteiger partial charge in [-0.25, -0.2) is 4.39 Å². The summed E-state index contributed by atoms with van der Waals surface area (Å²) >= 11 is 5.64. The second kappa shape index (κ2) is 4.80. The highest BCUT2D eigenvalue weighted by Crippen LogP contribution is 2.41. The smallest absolute Gasteiger partial charge is 0.142 e. The van der Waals surface area contributed by atoms with E-state index in [0.717, 1.165) is 24.8 Å². The van der Waals surface area contributed by atoms with Crippen LogP contribution in [0.1, 0.15) is 24.8 Å². The lowest BCUT2D eigenvalue weighted by molar-refractivity contribution is 0.0431. The first-order valence-corrected chi connectivity index (χ1v) is 6.79. The van der Waals surface area contributed by atoms with Crippen LogP contribution in [0.3, 0.4) is 0 Å². The van der Waals surface area contributed by atoms with Crippen molar-refractivity contribution in [2.75, 3.05) is 0 Å². The number of halogens is 2. The molecule has 4 atom stereocenters. The lowest BCUT2D eigenvalue weighted by Crippen LogP contribution is -2.30. The van der Waals surface area contributed by atoms with Crippen molar-refractivity contribution in [2.45, 2.75) is 44.0 Å². The highest BCUT2D eigenvalue weighted by molar-refractivity contribution is 6.30. The van der Waals surface area contributed by atoms with Gasteiger partial charge in [0.25, 0.3) is 0 Å². The van der Waals surface area contributed by atoms with Gasteiger partial charge in [0, 0.05) is 5.92 Å². The van der Waals surface area contributed by atoms with Crippen LogP contribution < -0.4 is 0 Å². The number of hydrogen-bond acceptors (Lipinski definition) is 2. The van der Waals surface area contributed by atoms with Crippen molar-refractivity contribution in [3.63, 3.8) is 0 Å². The molecule has 0 aliphatic carbocycles. The van der Waals surface area contributed by atoms with E-state index in [2.05, 4.69) is 0 Å². The lowest BCUT2D eigenvalue weighted by Gasteiger charge is -2.24. The zero-order valence-corrected chi connectivity index (χ0v) is 10.7. The molecule has 2 fully saturated rings. The molecule has 0 amide bonds. The van der Waals surface area contributed by atoms with Crippen LogP contribution in [-0.2, 0) is 11.2 Å². The Labute approximate surface area is 111 Å². The Morgan fingerprint density at radius 3 is 2.89 bits per heavy atom. The van der Waals surface area contributed by atoms with Gasteiger partial charge in [-0.3, -0.25) is 0 Å². The van der Waals surface area contributed by atoms with Gasteiger partial charge in [0.05, 0.1) is 23.3 Å². The molecule has 4 heteroatoms.